The van der Waals surface area contributed by atoms with Crippen LogP contribution in [0.2, 0.25) is 0 Å². The van der Waals surface area contributed by atoms with Gasteiger partial charge in [0.05, 0.1) is 14.2 Å². The molecule has 0 amide bonds. The van der Waals surface area contributed by atoms with Gasteiger partial charge in [-0.3, -0.25) is 0 Å². The van der Waals surface area contributed by atoms with E-state index in [2.05, 4.69) is 33.8 Å². The molecule has 0 unspecified atom stereocenters. The fraction of sp³-hybridized carbons (Fsp3) is 0.316. The summed E-state index contributed by atoms with van der Waals surface area (Å²) in [4.78, 5) is 12.0. The van der Waals surface area contributed by atoms with E-state index < -0.39 is 5.97 Å². The number of carbonyl (C=O) groups excluding carboxylic acids is 1. The summed E-state index contributed by atoms with van der Waals surface area (Å²) in [6, 6.07) is 7.82. The molecule has 2 aromatic rings. The van der Waals surface area contributed by atoms with Gasteiger partial charge < -0.3 is 9.47 Å². The third-order valence-electron chi connectivity index (χ3n) is 4.25. The van der Waals surface area contributed by atoms with Crippen LogP contribution in [-0.2, 0) is 4.74 Å². The summed E-state index contributed by atoms with van der Waals surface area (Å²) in [6.07, 6.45) is 0. The molecular weight excluding hydrogens is 276 g/mol. The van der Waals surface area contributed by atoms with Crippen molar-refractivity contribution in [2.45, 2.75) is 27.7 Å². The molecule has 0 saturated carbocycles. The van der Waals surface area contributed by atoms with Gasteiger partial charge in [0.15, 0.2) is 0 Å². The second-order valence-corrected chi connectivity index (χ2v) is 5.54. The average Bonchev–Trinajstić information content (AvgIpc) is 2.51. The Morgan fingerprint density at radius 3 is 2.18 bits per heavy atom. The van der Waals surface area contributed by atoms with Gasteiger partial charge in [-0.15, -0.1) is 0 Å². The quantitative estimate of drug-likeness (QED) is 0.789. The van der Waals surface area contributed by atoms with Crippen molar-refractivity contribution >= 4 is 5.97 Å². The van der Waals surface area contributed by atoms with Gasteiger partial charge in [0.25, 0.3) is 0 Å². The van der Waals surface area contributed by atoms with Crippen molar-refractivity contribution in [3.63, 3.8) is 0 Å². The van der Waals surface area contributed by atoms with Gasteiger partial charge in [-0.1, -0.05) is 12.1 Å². The van der Waals surface area contributed by atoms with Crippen LogP contribution in [0.1, 0.15) is 32.6 Å². The zero-order chi connectivity index (χ0) is 16.4. The molecule has 2 rings (SSSR count). The van der Waals surface area contributed by atoms with Gasteiger partial charge >= 0.3 is 5.97 Å². The highest BCUT2D eigenvalue weighted by Gasteiger charge is 2.16. The number of hydrogen-bond acceptors (Lipinski definition) is 3. The minimum absolute atomic E-state index is 0.391. The highest BCUT2D eigenvalue weighted by atomic mass is 16.5. The number of hydrogen-bond donors (Lipinski definition) is 0. The first-order chi connectivity index (χ1) is 10.4. The van der Waals surface area contributed by atoms with Crippen LogP contribution in [0.5, 0.6) is 5.75 Å². The number of rotatable bonds is 3. The molecule has 3 heteroatoms. The predicted molar refractivity (Wildman–Crippen MR) is 88.7 cm³/mol. The molecule has 0 radical (unpaired) electrons. The average molecular weight is 298 g/mol. The lowest BCUT2D eigenvalue weighted by molar-refractivity contribution is 0.0597. The third kappa shape index (κ3) is 2.71. The Kier molecular flexibility index (Phi) is 4.55. The van der Waals surface area contributed by atoms with E-state index in [1.807, 2.05) is 18.2 Å². The fourth-order valence-corrected chi connectivity index (χ4v) is 2.86. The maximum absolute atomic E-state index is 12.0. The normalized spacial score (nSPS) is 10.5. The Morgan fingerprint density at radius 2 is 1.59 bits per heavy atom. The maximum atomic E-state index is 12.0. The highest BCUT2D eigenvalue weighted by molar-refractivity contribution is 5.94. The Morgan fingerprint density at radius 1 is 0.909 bits per heavy atom. The van der Waals surface area contributed by atoms with E-state index >= 15 is 0 Å². The van der Waals surface area contributed by atoms with Crippen molar-refractivity contribution in [2.75, 3.05) is 14.2 Å². The van der Waals surface area contributed by atoms with Crippen molar-refractivity contribution in [1.29, 1.82) is 0 Å². The molecule has 2 aromatic carbocycles. The molecule has 0 spiro atoms. The lowest BCUT2D eigenvalue weighted by Gasteiger charge is -2.17. The first-order valence-electron chi connectivity index (χ1n) is 7.24. The van der Waals surface area contributed by atoms with Crippen LogP contribution in [0.15, 0.2) is 24.3 Å². The summed E-state index contributed by atoms with van der Waals surface area (Å²) in [6.45, 7) is 8.45. The maximum Gasteiger partial charge on any atom is 0.341 e. The summed E-state index contributed by atoms with van der Waals surface area (Å²) in [5.74, 6) is 0.132. The lowest BCUT2D eigenvalue weighted by Crippen LogP contribution is -2.05. The number of methoxy groups -OCH3 is 2. The number of ether oxygens (including phenoxy) is 2. The Hall–Kier alpha value is -2.29. The number of carbonyl (C=O) groups is 1. The van der Waals surface area contributed by atoms with Crippen molar-refractivity contribution in [3.8, 4) is 16.9 Å². The predicted octanol–water partition coefficient (Wildman–Crippen LogP) is 4.38. The van der Waals surface area contributed by atoms with Crippen LogP contribution in [0.25, 0.3) is 11.1 Å². The van der Waals surface area contributed by atoms with Crippen LogP contribution in [0, 0.1) is 27.7 Å². The lowest BCUT2D eigenvalue weighted by atomic mass is 9.89. The Bertz CT molecular complexity index is 730. The summed E-state index contributed by atoms with van der Waals surface area (Å²) in [5.41, 5.74) is 7.59. The minimum Gasteiger partial charge on any atom is -0.496 e. The monoisotopic (exact) mass is 298 g/mol. The molecule has 116 valence electrons. The second-order valence-electron chi connectivity index (χ2n) is 5.54. The van der Waals surface area contributed by atoms with Crippen LogP contribution in [0.4, 0.5) is 0 Å². The zero-order valence-corrected chi connectivity index (χ0v) is 14.0. The van der Waals surface area contributed by atoms with E-state index in [4.69, 9.17) is 9.47 Å². The summed E-state index contributed by atoms with van der Waals surface area (Å²) >= 11 is 0. The third-order valence-corrected chi connectivity index (χ3v) is 4.25. The van der Waals surface area contributed by atoms with Gasteiger partial charge in [0.2, 0.25) is 0 Å². The molecule has 0 N–H and O–H groups in total. The molecule has 0 aliphatic heterocycles. The van der Waals surface area contributed by atoms with Gasteiger partial charge in [-0.2, -0.15) is 0 Å². The standard InChI is InChI=1S/C19H22O3/c1-11-9-12(2)18(14(4)13(11)3)15-7-8-17(21-5)16(10-15)19(20)22-6/h7-10H,1-6H3. The summed E-state index contributed by atoms with van der Waals surface area (Å²) < 4.78 is 10.1. The molecule has 3 nitrogen and oxygen atoms in total. The van der Waals surface area contributed by atoms with Gasteiger partial charge in [0, 0.05) is 0 Å². The molecule has 0 aromatic heterocycles. The molecule has 0 heterocycles. The van der Waals surface area contributed by atoms with Gasteiger partial charge in [-0.05, 0) is 73.2 Å². The fourth-order valence-electron chi connectivity index (χ4n) is 2.86. The summed E-state index contributed by atoms with van der Waals surface area (Å²) in [7, 11) is 2.93. The van der Waals surface area contributed by atoms with Crippen LogP contribution < -0.4 is 4.74 Å². The van der Waals surface area contributed by atoms with E-state index in [0.29, 0.717) is 11.3 Å². The zero-order valence-electron chi connectivity index (χ0n) is 14.0. The smallest absolute Gasteiger partial charge is 0.341 e. The highest BCUT2D eigenvalue weighted by Crippen LogP contribution is 2.34. The molecule has 0 bridgehead atoms. The van der Waals surface area contributed by atoms with Crippen molar-refractivity contribution < 1.29 is 14.3 Å². The largest absolute Gasteiger partial charge is 0.496 e. The van der Waals surface area contributed by atoms with Crippen molar-refractivity contribution in [2.24, 2.45) is 0 Å². The van der Waals surface area contributed by atoms with Crippen LogP contribution in [-0.4, -0.2) is 20.2 Å². The molecular formula is C19H22O3. The van der Waals surface area contributed by atoms with Gasteiger partial charge in [0.1, 0.15) is 11.3 Å². The van der Waals surface area contributed by atoms with Crippen molar-refractivity contribution in [3.05, 3.63) is 52.1 Å². The molecule has 0 saturated heterocycles. The summed E-state index contributed by atoms with van der Waals surface area (Å²) in [5, 5.41) is 0. The van der Waals surface area contributed by atoms with Crippen LogP contribution >= 0.6 is 0 Å². The van der Waals surface area contributed by atoms with E-state index in [0.717, 1.165) is 11.1 Å². The van der Waals surface area contributed by atoms with E-state index in [1.165, 1.54) is 29.4 Å². The SMILES string of the molecule is COC(=O)c1cc(-c2c(C)cc(C)c(C)c2C)ccc1OC. The van der Waals surface area contributed by atoms with Crippen LogP contribution in [0.3, 0.4) is 0 Å². The van der Waals surface area contributed by atoms with Gasteiger partial charge in [-0.25, -0.2) is 4.79 Å². The topological polar surface area (TPSA) is 35.5 Å². The van der Waals surface area contributed by atoms with E-state index in [1.54, 1.807) is 7.11 Å². The van der Waals surface area contributed by atoms with E-state index in [9.17, 15) is 4.79 Å². The molecule has 0 fully saturated rings. The van der Waals surface area contributed by atoms with E-state index in [-0.39, 0.29) is 0 Å². The number of aryl methyl sites for hydroxylation is 2. The molecule has 0 aliphatic carbocycles. The first-order valence-corrected chi connectivity index (χ1v) is 7.24. The van der Waals surface area contributed by atoms with Crippen molar-refractivity contribution in [1.82, 2.24) is 0 Å². The second kappa shape index (κ2) is 6.22. The number of benzene rings is 2. The Balaban J connectivity index is 2.69. The minimum atomic E-state index is -0.391. The molecule has 0 aliphatic rings. The molecule has 22 heavy (non-hydrogen) atoms. The Labute approximate surface area is 131 Å². The first kappa shape index (κ1) is 16.1. The number of esters is 1. The molecule has 0 atom stereocenters.